The van der Waals surface area contributed by atoms with Gasteiger partial charge < -0.3 is 10.2 Å². The standard InChI is InChI=1S/C24H28N4O/c1-4-28(5-2)23-14-10-19(11-15-23)17-25-27-24(29)18(3)26-22-13-12-20-8-6-7-9-21(20)16-22/h6-18,26H,4-5H2,1-3H3,(H,27,29)/b25-17-/t18-/m1/s1. The first kappa shape index (κ1) is 20.4. The molecule has 5 nitrogen and oxygen atoms in total. The fourth-order valence-electron chi connectivity index (χ4n) is 3.22. The quantitative estimate of drug-likeness (QED) is 0.437. The maximum absolute atomic E-state index is 12.3. The van der Waals surface area contributed by atoms with Crippen LogP contribution in [0.1, 0.15) is 26.3 Å². The number of hydrogen-bond donors (Lipinski definition) is 2. The molecule has 3 aromatic rings. The largest absolute Gasteiger partial charge is 0.374 e. The number of carbonyl (C=O) groups is 1. The Hall–Kier alpha value is -3.34. The smallest absolute Gasteiger partial charge is 0.262 e. The first-order valence-corrected chi connectivity index (χ1v) is 10.0. The van der Waals surface area contributed by atoms with Gasteiger partial charge >= 0.3 is 0 Å². The van der Waals surface area contributed by atoms with Crippen LogP contribution in [-0.4, -0.2) is 31.3 Å². The lowest BCUT2D eigenvalue weighted by Gasteiger charge is -2.20. The van der Waals surface area contributed by atoms with Gasteiger partial charge in [0, 0.05) is 24.5 Å². The highest BCUT2D eigenvalue weighted by molar-refractivity contribution is 5.89. The van der Waals surface area contributed by atoms with Crippen LogP contribution in [0.3, 0.4) is 0 Å². The molecule has 0 heterocycles. The molecule has 150 valence electrons. The molecule has 0 fully saturated rings. The van der Waals surface area contributed by atoms with Crippen LogP contribution in [0.4, 0.5) is 11.4 Å². The van der Waals surface area contributed by atoms with Crippen molar-refractivity contribution < 1.29 is 4.79 Å². The highest BCUT2D eigenvalue weighted by Crippen LogP contribution is 2.19. The van der Waals surface area contributed by atoms with Crippen LogP contribution in [-0.2, 0) is 4.79 Å². The van der Waals surface area contributed by atoms with Crippen LogP contribution in [0, 0.1) is 0 Å². The average molecular weight is 389 g/mol. The van der Waals surface area contributed by atoms with Gasteiger partial charge in [0.25, 0.3) is 5.91 Å². The molecule has 0 aliphatic carbocycles. The molecule has 0 aliphatic heterocycles. The molecule has 0 aliphatic rings. The number of fused-ring (bicyclic) bond motifs is 1. The Kier molecular flexibility index (Phi) is 6.85. The summed E-state index contributed by atoms with van der Waals surface area (Å²) in [6, 6.07) is 21.9. The minimum atomic E-state index is -0.404. The van der Waals surface area contributed by atoms with Crippen molar-refractivity contribution in [1.29, 1.82) is 0 Å². The van der Waals surface area contributed by atoms with Crippen LogP contribution in [0.15, 0.2) is 71.8 Å². The molecule has 0 unspecified atom stereocenters. The van der Waals surface area contributed by atoms with E-state index < -0.39 is 6.04 Å². The van der Waals surface area contributed by atoms with E-state index in [1.165, 1.54) is 11.1 Å². The summed E-state index contributed by atoms with van der Waals surface area (Å²) in [6.45, 7) is 8.05. The minimum absolute atomic E-state index is 0.186. The monoisotopic (exact) mass is 388 g/mol. The molecule has 0 radical (unpaired) electrons. The third-order valence-corrected chi connectivity index (χ3v) is 4.94. The van der Waals surface area contributed by atoms with E-state index in [2.05, 4.69) is 58.9 Å². The molecular weight excluding hydrogens is 360 g/mol. The third-order valence-electron chi connectivity index (χ3n) is 4.94. The normalized spacial score (nSPS) is 12.1. The summed E-state index contributed by atoms with van der Waals surface area (Å²) >= 11 is 0. The fraction of sp³-hybridized carbons (Fsp3) is 0.250. The Morgan fingerprint density at radius 1 is 1.00 bits per heavy atom. The van der Waals surface area contributed by atoms with E-state index in [4.69, 9.17) is 0 Å². The first-order chi connectivity index (χ1) is 14.1. The second-order valence-electron chi connectivity index (χ2n) is 6.93. The van der Waals surface area contributed by atoms with E-state index >= 15 is 0 Å². The second kappa shape index (κ2) is 9.73. The number of anilines is 2. The Labute approximate surface area is 172 Å². The minimum Gasteiger partial charge on any atom is -0.374 e. The Bertz CT molecular complexity index is 978. The van der Waals surface area contributed by atoms with Crippen molar-refractivity contribution in [3.63, 3.8) is 0 Å². The first-order valence-electron chi connectivity index (χ1n) is 10.0. The molecule has 2 N–H and O–H groups in total. The predicted molar refractivity (Wildman–Crippen MR) is 123 cm³/mol. The SMILES string of the molecule is CCN(CC)c1ccc(/C=N\NC(=O)[C@@H](C)Nc2ccc3ccccc3c2)cc1. The highest BCUT2D eigenvalue weighted by atomic mass is 16.2. The van der Waals surface area contributed by atoms with Gasteiger partial charge in [-0.05, 0) is 61.4 Å². The predicted octanol–water partition coefficient (Wildman–Crippen LogP) is 4.64. The van der Waals surface area contributed by atoms with Crippen molar-refractivity contribution in [2.24, 2.45) is 5.10 Å². The summed E-state index contributed by atoms with van der Waals surface area (Å²) in [5.41, 5.74) is 5.64. The van der Waals surface area contributed by atoms with E-state index in [-0.39, 0.29) is 5.91 Å². The van der Waals surface area contributed by atoms with Gasteiger partial charge in [-0.15, -0.1) is 0 Å². The summed E-state index contributed by atoms with van der Waals surface area (Å²) in [4.78, 5) is 14.6. The van der Waals surface area contributed by atoms with Gasteiger partial charge in [0.15, 0.2) is 0 Å². The maximum Gasteiger partial charge on any atom is 0.262 e. The van der Waals surface area contributed by atoms with Crippen molar-refractivity contribution in [2.75, 3.05) is 23.3 Å². The van der Waals surface area contributed by atoms with Crippen molar-refractivity contribution >= 4 is 34.3 Å². The zero-order chi connectivity index (χ0) is 20.6. The van der Waals surface area contributed by atoms with Crippen molar-refractivity contribution in [3.05, 3.63) is 72.3 Å². The molecule has 0 bridgehead atoms. The Balaban J connectivity index is 1.55. The van der Waals surface area contributed by atoms with Gasteiger partial charge in [0.1, 0.15) is 6.04 Å². The van der Waals surface area contributed by atoms with Crippen LogP contribution < -0.4 is 15.6 Å². The molecule has 29 heavy (non-hydrogen) atoms. The summed E-state index contributed by atoms with van der Waals surface area (Å²) in [5, 5.41) is 9.62. The van der Waals surface area contributed by atoms with E-state index in [9.17, 15) is 4.79 Å². The van der Waals surface area contributed by atoms with Gasteiger partial charge in [-0.1, -0.05) is 42.5 Å². The Morgan fingerprint density at radius 2 is 1.69 bits per heavy atom. The van der Waals surface area contributed by atoms with Crippen LogP contribution in [0.25, 0.3) is 10.8 Å². The van der Waals surface area contributed by atoms with Gasteiger partial charge in [-0.2, -0.15) is 5.10 Å². The van der Waals surface area contributed by atoms with E-state index in [1.807, 2.05) is 49.4 Å². The number of nitrogens with one attached hydrogen (secondary N) is 2. The molecule has 0 spiro atoms. The molecule has 1 atom stereocenters. The maximum atomic E-state index is 12.3. The summed E-state index contributed by atoms with van der Waals surface area (Å²) in [5.74, 6) is -0.186. The molecule has 1 amide bonds. The van der Waals surface area contributed by atoms with Gasteiger partial charge in [0.2, 0.25) is 0 Å². The molecule has 0 saturated carbocycles. The average Bonchev–Trinajstić information content (AvgIpc) is 2.75. The molecular formula is C24H28N4O. The van der Waals surface area contributed by atoms with Crippen LogP contribution in [0.5, 0.6) is 0 Å². The number of rotatable bonds is 8. The molecule has 3 rings (SSSR count). The number of hydrazone groups is 1. The van der Waals surface area contributed by atoms with Crippen LogP contribution >= 0.6 is 0 Å². The van der Waals surface area contributed by atoms with Crippen LogP contribution in [0.2, 0.25) is 0 Å². The number of hydrogen-bond acceptors (Lipinski definition) is 4. The lowest BCUT2D eigenvalue weighted by atomic mass is 10.1. The van der Waals surface area contributed by atoms with Gasteiger partial charge in [-0.3, -0.25) is 4.79 Å². The Morgan fingerprint density at radius 3 is 2.38 bits per heavy atom. The van der Waals surface area contributed by atoms with E-state index in [0.717, 1.165) is 29.7 Å². The lowest BCUT2D eigenvalue weighted by molar-refractivity contribution is -0.121. The summed E-state index contributed by atoms with van der Waals surface area (Å²) < 4.78 is 0. The number of benzene rings is 3. The highest BCUT2D eigenvalue weighted by Gasteiger charge is 2.11. The lowest BCUT2D eigenvalue weighted by Crippen LogP contribution is -2.34. The second-order valence-corrected chi connectivity index (χ2v) is 6.93. The zero-order valence-electron chi connectivity index (χ0n) is 17.2. The molecule has 3 aromatic carbocycles. The van der Waals surface area contributed by atoms with E-state index in [1.54, 1.807) is 6.21 Å². The summed E-state index contributed by atoms with van der Waals surface area (Å²) in [6.07, 6.45) is 1.66. The van der Waals surface area contributed by atoms with Gasteiger partial charge in [0.05, 0.1) is 6.21 Å². The number of carbonyl (C=O) groups excluding carboxylic acids is 1. The van der Waals surface area contributed by atoms with E-state index in [0.29, 0.717) is 0 Å². The topological polar surface area (TPSA) is 56.7 Å². The molecule has 5 heteroatoms. The number of amides is 1. The van der Waals surface area contributed by atoms with Gasteiger partial charge in [-0.25, -0.2) is 5.43 Å². The zero-order valence-corrected chi connectivity index (χ0v) is 17.2. The molecule has 0 saturated heterocycles. The fourth-order valence-corrected chi connectivity index (χ4v) is 3.22. The number of nitrogens with zero attached hydrogens (tertiary/aromatic N) is 2. The van der Waals surface area contributed by atoms with Crippen molar-refractivity contribution in [3.8, 4) is 0 Å². The summed E-state index contributed by atoms with van der Waals surface area (Å²) in [7, 11) is 0. The van der Waals surface area contributed by atoms with Crippen molar-refractivity contribution in [2.45, 2.75) is 26.8 Å². The van der Waals surface area contributed by atoms with Crippen molar-refractivity contribution in [1.82, 2.24) is 5.43 Å². The molecule has 0 aromatic heterocycles. The third kappa shape index (κ3) is 5.35.